The van der Waals surface area contributed by atoms with E-state index in [1.807, 2.05) is 35.2 Å². The molecule has 1 heterocycles. The van der Waals surface area contributed by atoms with E-state index in [9.17, 15) is 14.0 Å². The third-order valence-electron chi connectivity index (χ3n) is 6.80. The number of primary amides is 1. The van der Waals surface area contributed by atoms with Crippen molar-refractivity contribution < 1.29 is 14.0 Å². The monoisotopic (exact) mass is 408 g/mol. The van der Waals surface area contributed by atoms with E-state index in [0.29, 0.717) is 31.5 Å². The van der Waals surface area contributed by atoms with Gasteiger partial charge in [0, 0.05) is 24.6 Å². The average molecular weight is 409 g/mol. The molecule has 158 valence electrons. The van der Waals surface area contributed by atoms with Crippen molar-refractivity contribution in [2.75, 3.05) is 13.1 Å². The van der Waals surface area contributed by atoms with Crippen LogP contribution in [0.5, 0.6) is 0 Å². The fourth-order valence-electron chi connectivity index (χ4n) is 5.07. The molecular weight excluding hydrogens is 379 g/mol. The second-order valence-corrected chi connectivity index (χ2v) is 8.84. The zero-order valence-electron chi connectivity index (χ0n) is 17.3. The van der Waals surface area contributed by atoms with E-state index in [4.69, 9.17) is 5.73 Å². The molecule has 2 fully saturated rings. The number of halogens is 1. The maximum Gasteiger partial charge on any atom is 0.225 e. The Morgan fingerprint density at radius 2 is 1.73 bits per heavy atom. The van der Waals surface area contributed by atoms with Crippen LogP contribution in [-0.4, -0.2) is 29.8 Å². The van der Waals surface area contributed by atoms with Gasteiger partial charge in [-0.25, -0.2) is 4.39 Å². The molecule has 0 bridgehead atoms. The zero-order valence-corrected chi connectivity index (χ0v) is 17.3. The van der Waals surface area contributed by atoms with E-state index in [2.05, 4.69) is 0 Å². The topological polar surface area (TPSA) is 63.4 Å². The van der Waals surface area contributed by atoms with Gasteiger partial charge >= 0.3 is 0 Å². The van der Waals surface area contributed by atoms with Gasteiger partial charge in [-0.1, -0.05) is 55.3 Å². The van der Waals surface area contributed by atoms with Gasteiger partial charge in [-0.15, -0.1) is 0 Å². The summed E-state index contributed by atoms with van der Waals surface area (Å²) >= 11 is 0. The molecule has 0 unspecified atom stereocenters. The fourth-order valence-corrected chi connectivity index (χ4v) is 5.07. The number of likely N-dealkylation sites (tertiary alicyclic amines) is 1. The van der Waals surface area contributed by atoms with Crippen molar-refractivity contribution in [1.29, 1.82) is 0 Å². The molecule has 0 radical (unpaired) electrons. The summed E-state index contributed by atoms with van der Waals surface area (Å²) in [6, 6.07) is 14.3. The molecule has 1 saturated heterocycles. The van der Waals surface area contributed by atoms with Crippen LogP contribution in [0, 0.1) is 17.2 Å². The largest absolute Gasteiger partial charge is 0.369 e. The van der Waals surface area contributed by atoms with Gasteiger partial charge in [-0.2, -0.15) is 0 Å². The number of nitrogens with two attached hydrogens (primary N) is 1. The van der Waals surface area contributed by atoms with Gasteiger partial charge in [0.25, 0.3) is 0 Å². The van der Waals surface area contributed by atoms with Crippen LogP contribution < -0.4 is 5.73 Å². The lowest BCUT2D eigenvalue weighted by molar-refractivity contribution is -0.142. The van der Waals surface area contributed by atoms with Gasteiger partial charge in [0.15, 0.2) is 0 Å². The van der Waals surface area contributed by atoms with Gasteiger partial charge < -0.3 is 10.6 Å². The molecule has 1 aliphatic heterocycles. The van der Waals surface area contributed by atoms with Crippen LogP contribution in [0.25, 0.3) is 11.1 Å². The van der Waals surface area contributed by atoms with Crippen molar-refractivity contribution in [2.45, 2.75) is 44.9 Å². The molecule has 30 heavy (non-hydrogen) atoms. The summed E-state index contributed by atoms with van der Waals surface area (Å²) < 4.78 is 14.1. The Labute approximate surface area is 177 Å². The van der Waals surface area contributed by atoms with Gasteiger partial charge in [0.2, 0.25) is 11.8 Å². The average Bonchev–Trinajstić information content (AvgIpc) is 3.29. The van der Waals surface area contributed by atoms with Crippen LogP contribution in [0.4, 0.5) is 4.39 Å². The maximum absolute atomic E-state index is 14.1. The van der Waals surface area contributed by atoms with Crippen molar-refractivity contribution in [1.82, 2.24) is 4.90 Å². The number of piperidine rings is 1. The molecule has 5 heteroatoms. The van der Waals surface area contributed by atoms with E-state index in [1.165, 1.54) is 6.07 Å². The molecular formula is C25H29FN2O2. The van der Waals surface area contributed by atoms with Gasteiger partial charge in [0.05, 0.1) is 5.41 Å². The zero-order chi connectivity index (χ0) is 21.1. The molecule has 1 aliphatic carbocycles. The number of hydrogen-bond acceptors (Lipinski definition) is 2. The van der Waals surface area contributed by atoms with Crippen molar-refractivity contribution in [3.63, 3.8) is 0 Å². The summed E-state index contributed by atoms with van der Waals surface area (Å²) in [6.45, 7) is 1.10. The van der Waals surface area contributed by atoms with Crippen LogP contribution in [0.1, 0.15) is 44.1 Å². The molecule has 2 N–H and O–H groups in total. The predicted molar refractivity (Wildman–Crippen MR) is 115 cm³/mol. The van der Waals surface area contributed by atoms with Gasteiger partial charge in [0.1, 0.15) is 5.82 Å². The van der Waals surface area contributed by atoms with E-state index in [0.717, 1.165) is 43.2 Å². The van der Waals surface area contributed by atoms with Crippen molar-refractivity contribution >= 4 is 11.8 Å². The highest BCUT2D eigenvalue weighted by Gasteiger charge is 2.43. The standard InChI is InChI=1S/C25H29FN2O2/c26-22-9-4-3-8-21(22)19-12-10-18(11-13-19)16-25(24(27)30)14-5-15-28(17-25)23(29)20-6-1-2-7-20/h3-4,8-13,20H,1-2,5-7,14-17H2,(H2,27,30)/t25-/m0/s1. The highest BCUT2D eigenvalue weighted by atomic mass is 19.1. The maximum atomic E-state index is 14.1. The quantitative estimate of drug-likeness (QED) is 0.801. The first-order valence-corrected chi connectivity index (χ1v) is 10.9. The SMILES string of the molecule is NC(=O)[C@]1(Cc2ccc(-c3ccccc3F)cc2)CCCN(C(=O)C2CCCC2)C1. The van der Waals surface area contributed by atoms with Crippen molar-refractivity contribution in [3.05, 3.63) is 59.9 Å². The first-order valence-electron chi connectivity index (χ1n) is 10.9. The molecule has 0 spiro atoms. The second kappa shape index (κ2) is 8.58. The number of amides is 2. The third-order valence-corrected chi connectivity index (χ3v) is 6.80. The molecule has 4 nitrogen and oxygen atoms in total. The first kappa shape index (κ1) is 20.6. The van der Waals surface area contributed by atoms with Gasteiger partial charge in [-0.3, -0.25) is 9.59 Å². The molecule has 0 aromatic heterocycles. The molecule has 2 amide bonds. The summed E-state index contributed by atoms with van der Waals surface area (Å²) in [6.07, 6.45) is 6.10. The molecule has 1 saturated carbocycles. The number of benzene rings is 2. The van der Waals surface area contributed by atoms with E-state index in [-0.39, 0.29) is 23.5 Å². The Morgan fingerprint density at radius 3 is 2.40 bits per heavy atom. The van der Waals surface area contributed by atoms with Crippen molar-refractivity contribution in [3.8, 4) is 11.1 Å². The van der Waals surface area contributed by atoms with Crippen LogP contribution in [0.15, 0.2) is 48.5 Å². The number of carbonyl (C=O) groups is 2. The number of hydrogen-bond donors (Lipinski definition) is 1. The first-order chi connectivity index (χ1) is 14.5. The summed E-state index contributed by atoms with van der Waals surface area (Å²) in [5, 5.41) is 0. The Morgan fingerprint density at radius 1 is 1.03 bits per heavy atom. The Balaban J connectivity index is 1.52. The summed E-state index contributed by atoms with van der Waals surface area (Å²) in [5.41, 5.74) is 7.47. The highest BCUT2D eigenvalue weighted by molar-refractivity contribution is 5.84. The minimum atomic E-state index is -0.744. The van der Waals surface area contributed by atoms with Crippen LogP contribution in [0.2, 0.25) is 0 Å². The lowest BCUT2D eigenvalue weighted by Crippen LogP contribution is -2.54. The number of rotatable bonds is 5. The lowest BCUT2D eigenvalue weighted by Gasteiger charge is -2.41. The summed E-state index contributed by atoms with van der Waals surface area (Å²) in [4.78, 5) is 27.3. The van der Waals surface area contributed by atoms with E-state index >= 15 is 0 Å². The molecule has 4 rings (SSSR count). The lowest BCUT2D eigenvalue weighted by atomic mass is 9.74. The third kappa shape index (κ3) is 4.11. The number of carbonyl (C=O) groups excluding carboxylic acids is 2. The van der Waals surface area contributed by atoms with Crippen LogP contribution in [0.3, 0.4) is 0 Å². The van der Waals surface area contributed by atoms with E-state index < -0.39 is 5.41 Å². The normalized spacial score (nSPS) is 22.2. The fraction of sp³-hybridized carbons (Fsp3) is 0.440. The minimum Gasteiger partial charge on any atom is -0.369 e. The van der Waals surface area contributed by atoms with E-state index in [1.54, 1.807) is 12.1 Å². The van der Waals surface area contributed by atoms with Gasteiger partial charge in [-0.05, 0) is 49.3 Å². The molecule has 2 aliphatic rings. The van der Waals surface area contributed by atoms with Crippen LogP contribution >= 0.6 is 0 Å². The smallest absolute Gasteiger partial charge is 0.225 e. The van der Waals surface area contributed by atoms with Crippen LogP contribution in [-0.2, 0) is 16.0 Å². The molecule has 2 aromatic rings. The summed E-state index contributed by atoms with van der Waals surface area (Å²) in [5.74, 6) is -0.307. The Kier molecular flexibility index (Phi) is 5.89. The highest BCUT2D eigenvalue weighted by Crippen LogP contribution is 2.36. The minimum absolute atomic E-state index is 0.105. The molecule has 1 atom stereocenters. The Bertz CT molecular complexity index is 921. The van der Waals surface area contributed by atoms with Crippen molar-refractivity contribution in [2.24, 2.45) is 17.1 Å². The summed E-state index contributed by atoms with van der Waals surface area (Å²) in [7, 11) is 0. The predicted octanol–water partition coefficient (Wildman–Crippen LogP) is 4.32. The number of nitrogens with zero attached hydrogens (tertiary/aromatic N) is 1. The Hall–Kier alpha value is -2.69. The second-order valence-electron chi connectivity index (χ2n) is 8.84. The molecule has 2 aromatic carbocycles.